The number of halogens is 1. The summed E-state index contributed by atoms with van der Waals surface area (Å²) in [5, 5.41) is 5.31. The largest absolute Gasteiger partial charge is 0.347 e. The summed E-state index contributed by atoms with van der Waals surface area (Å²) in [4.78, 5) is 7.97. The molecular formula is C16H22ClN3S. The highest BCUT2D eigenvalue weighted by Crippen LogP contribution is 2.27. The molecule has 3 nitrogen and oxygen atoms in total. The molecule has 5 heteroatoms. The summed E-state index contributed by atoms with van der Waals surface area (Å²) in [6, 6.07) is 8.32. The zero-order valence-corrected chi connectivity index (χ0v) is 14.3. The molecule has 0 bridgehead atoms. The summed E-state index contributed by atoms with van der Waals surface area (Å²) >= 11 is 7.77. The van der Waals surface area contributed by atoms with Gasteiger partial charge in [0.15, 0.2) is 5.13 Å². The van der Waals surface area contributed by atoms with Crippen LogP contribution in [0.2, 0.25) is 5.02 Å². The van der Waals surface area contributed by atoms with E-state index in [0.29, 0.717) is 6.04 Å². The minimum absolute atomic E-state index is 0.357. The summed E-state index contributed by atoms with van der Waals surface area (Å²) in [6.45, 7) is 6.21. The van der Waals surface area contributed by atoms with Gasteiger partial charge in [0, 0.05) is 35.7 Å². The monoisotopic (exact) mass is 323 g/mol. The van der Waals surface area contributed by atoms with Crippen LogP contribution in [-0.2, 0) is 6.54 Å². The third-order valence-electron chi connectivity index (χ3n) is 3.27. The fourth-order valence-corrected chi connectivity index (χ4v) is 3.21. The van der Waals surface area contributed by atoms with Crippen LogP contribution >= 0.6 is 22.9 Å². The maximum Gasteiger partial charge on any atom is 0.185 e. The first-order valence-electron chi connectivity index (χ1n) is 7.25. The van der Waals surface area contributed by atoms with Gasteiger partial charge in [-0.25, -0.2) is 4.98 Å². The minimum Gasteiger partial charge on any atom is -0.347 e. The Kier molecular flexibility index (Phi) is 6.03. The molecule has 0 spiro atoms. The Bertz CT molecular complexity index is 570. The lowest BCUT2D eigenvalue weighted by atomic mass is 10.2. The molecule has 0 aliphatic heterocycles. The number of nitrogens with one attached hydrogen (secondary N) is 1. The van der Waals surface area contributed by atoms with Gasteiger partial charge in [-0.05, 0) is 37.6 Å². The van der Waals surface area contributed by atoms with Crippen LogP contribution in [0.5, 0.6) is 0 Å². The van der Waals surface area contributed by atoms with Crippen LogP contribution < -0.4 is 10.2 Å². The zero-order chi connectivity index (χ0) is 15.2. The first-order chi connectivity index (χ1) is 10.1. The number of hydrogen-bond acceptors (Lipinski definition) is 4. The van der Waals surface area contributed by atoms with E-state index in [1.54, 1.807) is 11.3 Å². The number of rotatable bonds is 7. The van der Waals surface area contributed by atoms with Crippen LogP contribution in [0.25, 0.3) is 0 Å². The van der Waals surface area contributed by atoms with E-state index >= 15 is 0 Å². The maximum atomic E-state index is 6.03. The number of benzene rings is 1. The summed E-state index contributed by atoms with van der Waals surface area (Å²) < 4.78 is 0. The second-order valence-electron chi connectivity index (χ2n) is 5.21. The summed E-state index contributed by atoms with van der Waals surface area (Å²) in [5.74, 6) is 0. The Hall–Kier alpha value is -1.10. The highest BCUT2D eigenvalue weighted by atomic mass is 35.5. The van der Waals surface area contributed by atoms with Gasteiger partial charge in [-0.3, -0.25) is 0 Å². The summed E-state index contributed by atoms with van der Waals surface area (Å²) in [5.41, 5.74) is 1.19. The van der Waals surface area contributed by atoms with Gasteiger partial charge in [-0.1, -0.05) is 30.7 Å². The molecular weight excluding hydrogens is 302 g/mol. The molecule has 0 saturated carbocycles. The van der Waals surface area contributed by atoms with Crippen LogP contribution in [0.1, 0.15) is 36.8 Å². The van der Waals surface area contributed by atoms with Gasteiger partial charge >= 0.3 is 0 Å². The molecule has 0 aliphatic rings. The number of aromatic nitrogens is 1. The Labute approximate surface area is 136 Å². The quantitative estimate of drug-likeness (QED) is 0.813. The maximum absolute atomic E-state index is 6.03. The molecule has 1 N–H and O–H groups in total. The lowest BCUT2D eigenvalue weighted by Crippen LogP contribution is -2.18. The molecule has 2 rings (SSSR count). The van der Waals surface area contributed by atoms with Gasteiger partial charge in [-0.15, -0.1) is 11.3 Å². The van der Waals surface area contributed by atoms with Crippen LogP contribution in [-0.4, -0.2) is 18.6 Å². The van der Waals surface area contributed by atoms with Crippen LogP contribution in [0.15, 0.2) is 30.5 Å². The predicted molar refractivity (Wildman–Crippen MR) is 92.4 cm³/mol. The summed E-state index contributed by atoms with van der Waals surface area (Å²) in [7, 11) is 2.06. The first-order valence-corrected chi connectivity index (χ1v) is 8.44. The van der Waals surface area contributed by atoms with Crippen molar-refractivity contribution < 1.29 is 0 Å². The third-order valence-corrected chi connectivity index (χ3v) is 4.80. The van der Waals surface area contributed by atoms with E-state index in [0.717, 1.165) is 29.7 Å². The average molecular weight is 324 g/mol. The molecule has 1 atom stereocenters. The van der Waals surface area contributed by atoms with Crippen molar-refractivity contribution in [3.05, 3.63) is 45.9 Å². The normalized spacial score (nSPS) is 12.4. The molecule has 0 amide bonds. The van der Waals surface area contributed by atoms with E-state index in [2.05, 4.69) is 42.2 Å². The van der Waals surface area contributed by atoms with Crippen molar-refractivity contribution in [2.45, 2.75) is 32.9 Å². The van der Waals surface area contributed by atoms with Crippen molar-refractivity contribution in [1.29, 1.82) is 0 Å². The Morgan fingerprint density at radius 1 is 1.43 bits per heavy atom. The predicted octanol–water partition coefficient (Wildman–Crippen LogP) is 4.49. The van der Waals surface area contributed by atoms with E-state index in [1.165, 1.54) is 10.4 Å². The Morgan fingerprint density at radius 2 is 2.24 bits per heavy atom. The smallest absolute Gasteiger partial charge is 0.185 e. The fraction of sp³-hybridized carbons (Fsp3) is 0.438. The van der Waals surface area contributed by atoms with Gasteiger partial charge in [0.2, 0.25) is 0 Å². The van der Waals surface area contributed by atoms with Crippen molar-refractivity contribution >= 4 is 28.1 Å². The standard InChI is InChI=1S/C16H22ClN3S/c1-4-8-18-12(2)15-10-19-16(21-15)20(3)11-13-6-5-7-14(17)9-13/h5-7,9-10,12,18H,4,8,11H2,1-3H3. The average Bonchev–Trinajstić information content (AvgIpc) is 2.94. The Balaban J connectivity index is 2.00. The molecule has 2 aromatic rings. The van der Waals surface area contributed by atoms with Crippen molar-refractivity contribution in [2.75, 3.05) is 18.5 Å². The van der Waals surface area contributed by atoms with E-state index in [-0.39, 0.29) is 0 Å². The first kappa shape index (κ1) is 16.3. The Morgan fingerprint density at radius 3 is 2.95 bits per heavy atom. The fourth-order valence-electron chi connectivity index (χ4n) is 2.09. The van der Waals surface area contributed by atoms with Crippen LogP contribution in [0.4, 0.5) is 5.13 Å². The number of hydrogen-bond donors (Lipinski definition) is 1. The molecule has 1 heterocycles. The number of anilines is 1. The van der Waals surface area contributed by atoms with Crippen molar-refractivity contribution in [1.82, 2.24) is 10.3 Å². The molecule has 0 saturated heterocycles. The van der Waals surface area contributed by atoms with Crippen molar-refractivity contribution in [3.8, 4) is 0 Å². The molecule has 21 heavy (non-hydrogen) atoms. The van der Waals surface area contributed by atoms with E-state index in [9.17, 15) is 0 Å². The minimum atomic E-state index is 0.357. The third kappa shape index (κ3) is 4.70. The molecule has 1 unspecified atom stereocenters. The number of nitrogens with zero attached hydrogens (tertiary/aromatic N) is 2. The van der Waals surface area contributed by atoms with E-state index < -0.39 is 0 Å². The lowest BCUT2D eigenvalue weighted by Gasteiger charge is -2.16. The molecule has 0 aliphatic carbocycles. The van der Waals surface area contributed by atoms with Gasteiger partial charge in [-0.2, -0.15) is 0 Å². The van der Waals surface area contributed by atoms with Crippen LogP contribution in [0, 0.1) is 0 Å². The molecule has 0 radical (unpaired) electrons. The molecule has 0 fully saturated rings. The van der Waals surface area contributed by atoms with Gasteiger partial charge in [0.1, 0.15) is 0 Å². The van der Waals surface area contributed by atoms with Crippen molar-refractivity contribution in [2.24, 2.45) is 0 Å². The number of thiazole rings is 1. The molecule has 1 aromatic carbocycles. The second-order valence-corrected chi connectivity index (χ2v) is 6.68. The van der Waals surface area contributed by atoms with Gasteiger partial charge in [0.25, 0.3) is 0 Å². The van der Waals surface area contributed by atoms with Crippen molar-refractivity contribution in [3.63, 3.8) is 0 Å². The lowest BCUT2D eigenvalue weighted by molar-refractivity contribution is 0.577. The topological polar surface area (TPSA) is 28.2 Å². The molecule has 114 valence electrons. The summed E-state index contributed by atoms with van der Waals surface area (Å²) in [6.07, 6.45) is 3.12. The highest BCUT2D eigenvalue weighted by molar-refractivity contribution is 7.15. The second kappa shape index (κ2) is 7.78. The SMILES string of the molecule is CCCNC(C)c1cnc(N(C)Cc2cccc(Cl)c2)s1. The van der Waals surface area contributed by atoms with Crippen LogP contribution in [0.3, 0.4) is 0 Å². The van der Waals surface area contributed by atoms with Gasteiger partial charge < -0.3 is 10.2 Å². The molecule has 1 aromatic heterocycles. The van der Waals surface area contributed by atoms with Gasteiger partial charge in [0.05, 0.1) is 0 Å². The zero-order valence-electron chi connectivity index (χ0n) is 12.8. The van der Waals surface area contributed by atoms with E-state index in [1.807, 2.05) is 24.4 Å². The van der Waals surface area contributed by atoms with E-state index in [4.69, 9.17) is 11.6 Å². The highest BCUT2D eigenvalue weighted by Gasteiger charge is 2.12.